The molecule has 1 amide bonds. The minimum absolute atomic E-state index is 0.0857. The van der Waals surface area contributed by atoms with Gasteiger partial charge in [-0.15, -0.1) is 0 Å². The van der Waals surface area contributed by atoms with E-state index in [1.165, 1.54) is 6.08 Å². The fourth-order valence-electron chi connectivity index (χ4n) is 3.03. The summed E-state index contributed by atoms with van der Waals surface area (Å²) in [6, 6.07) is 16.1. The number of rotatable bonds is 12. The molecule has 0 aliphatic heterocycles. The van der Waals surface area contributed by atoms with Crippen LogP contribution in [0.5, 0.6) is 23.0 Å². The maximum Gasteiger partial charge on any atom is 0.267 e. The molecule has 0 atom stereocenters. The molecular formula is C26H27N3O6. The third-order valence-corrected chi connectivity index (χ3v) is 4.69. The van der Waals surface area contributed by atoms with Gasteiger partial charge in [0.2, 0.25) is 0 Å². The van der Waals surface area contributed by atoms with Gasteiger partial charge in [-0.1, -0.05) is 11.2 Å². The van der Waals surface area contributed by atoms with Crippen molar-refractivity contribution in [2.45, 2.75) is 20.3 Å². The van der Waals surface area contributed by atoms with Gasteiger partial charge in [0, 0.05) is 12.5 Å². The number of nitriles is 1. The summed E-state index contributed by atoms with van der Waals surface area (Å²) in [6.45, 7) is 4.91. The fraction of sp³-hybridized carbons (Fsp3) is 0.269. The Balaban J connectivity index is 1.58. The van der Waals surface area contributed by atoms with Crippen molar-refractivity contribution in [3.8, 4) is 29.1 Å². The van der Waals surface area contributed by atoms with Gasteiger partial charge in [0.05, 0.1) is 26.9 Å². The zero-order valence-electron chi connectivity index (χ0n) is 19.9. The first-order valence-corrected chi connectivity index (χ1v) is 11.1. The molecular weight excluding hydrogens is 450 g/mol. The largest absolute Gasteiger partial charge is 0.497 e. The quantitative estimate of drug-likeness (QED) is 0.225. The number of ether oxygens (including phenoxy) is 4. The number of aromatic nitrogens is 1. The standard InChI is InChI=1S/C26H27N3O6/c1-4-32-24-16-19(15-20(17-27)26(30)28-25-14-18(2)35-29-25)6-11-23(24)34-13-5-12-33-22-9-7-21(31-3)8-10-22/h6-11,14-16H,4-5,12-13H2,1-3H3,(H,28,29,30)/b20-15-. The van der Waals surface area contributed by atoms with Gasteiger partial charge in [-0.2, -0.15) is 5.26 Å². The second kappa shape index (κ2) is 12.7. The highest BCUT2D eigenvalue weighted by Crippen LogP contribution is 2.29. The minimum Gasteiger partial charge on any atom is -0.497 e. The zero-order valence-corrected chi connectivity index (χ0v) is 19.9. The molecule has 0 fully saturated rings. The van der Waals surface area contributed by atoms with Gasteiger partial charge in [-0.25, -0.2) is 0 Å². The minimum atomic E-state index is -0.587. The van der Waals surface area contributed by atoms with Crippen LogP contribution in [0.1, 0.15) is 24.7 Å². The van der Waals surface area contributed by atoms with Gasteiger partial charge in [0.25, 0.3) is 5.91 Å². The van der Waals surface area contributed by atoms with Crippen LogP contribution in [0.15, 0.2) is 58.6 Å². The predicted octanol–water partition coefficient (Wildman–Crippen LogP) is 4.78. The van der Waals surface area contributed by atoms with Crippen LogP contribution in [0, 0.1) is 18.3 Å². The van der Waals surface area contributed by atoms with Crippen molar-refractivity contribution in [3.63, 3.8) is 0 Å². The van der Waals surface area contributed by atoms with Crippen molar-refractivity contribution >= 4 is 17.8 Å². The van der Waals surface area contributed by atoms with E-state index in [4.69, 9.17) is 23.5 Å². The highest BCUT2D eigenvalue weighted by Gasteiger charge is 2.13. The summed E-state index contributed by atoms with van der Waals surface area (Å²) in [7, 11) is 1.62. The first kappa shape index (κ1) is 25.2. The second-order valence-corrected chi connectivity index (χ2v) is 7.31. The number of hydrogen-bond donors (Lipinski definition) is 1. The van der Waals surface area contributed by atoms with E-state index in [0.29, 0.717) is 49.1 Å². The predicted molar refractivity (Wildman–Crippen MR) is 130 cm³/mol. The molecule has 35 heavy (non-hydrogen) atoms. The van der Waals surface area contributed by atoms with Crippen molar-refractivity contribution in [2.75, 3.05) is 32.2 Å². The van der Waals surface area contributed by atoms with Crippen LogP contribution in [0.25, 0.3) is 6.08 Å². The summed E-state index contributed by atoms with van der Waals surface area (Å²) in [4.78, 5) is 12.4. The van der Waals surface area contributed by atoms with Crippen LogP contribution in [-0.2, 0) is 4.79 Å². The lowest BCUT2D eigenvalue weighted by atomic mass is 10.1. The molecule has 3 rings (SSSR count). The number of carbonyl (C=O) groups is 1. The molecule has 182 valence electrons. The molecule has 0 aliphatic carbocycles. The molecule has 0 saturated carbocycles. The Morgan fingerprint density at radius 3 is 2.46 bits per heavy atom. The summed E-state index contributed by atoms with van der Waals surface area (Å²) in [6.07, 6.45) is 2.14. The Morgan fingerprint density at radius 1 is 1.06 bits per heavy atom. The number of hydrogen-bond acceptors (Lipinski definition) is 8. The van der Waals surface area contributed by atoms with Gasteiger partial charge in [0.15, 0.2) is 17.3 Å². The number of methoxy groups -OCH3 is 1. The Labute approximate surface area is 203 Å². The van der Waals surface area contributed by atoms with Gasteiger partial charge < -0.3 is 28.8 Å². The van der Waals surface area contributed by atoms with Crippen molar-refractivity contribution in [3.05, 3.63) is 65.4 Å². The Hall–Kier alpha value is -4.45. The summed E-state index contributed by atoms with van der Waals surface area (Å²) in [5.74, 6) is 2.81. The van der Waals surface area contributed by atoms with E-state index >= 15 is 0 Å². The summed E-state index contributed by atoms with van der Waals surface area (Å²) < 4.78 is 27.3. The van der Waals surface area contributed by atoms with E-state index in [0.717, 1.165) is 11.5 Å². The first-order valence-electron chi connectivity index (χ1n) is 11.1. The SMILES string of the molecule is CCOc1cc(/C=C(/C#N)C(=O)Nc2cc(C)on2)ccc1OCCCOc1ccc(OC)cc1. The molecule has 0 bridgehead atoms. The Morgan fingerprint density at radius 2 is 1.80 bits per heavy atom. The average Bonchev–Trinajstić information content (AvgIpc) is 3.28. The lowest BCUT2D eigenvalue weighted by Crippen LogP contribution is -2.13. The molecule has 3 aromatic rings. The lowest BCUT2D eigenvalue weighted by Gasteiger charge is -2.13. The van der Waals surface area contributed by atoms with E-state index in [2.05, 4.69) is 10.5 Å². The van der Waals surface area contributed by atoms with Crippen molar-refractivity contribution < 1.29 is 28.3 Å². The Kier molecular flexibility index (Phi) is 9.14. The van der Waals surface area contributed by atoms with E-state index in [1.54, 1.807) is 38.3 Å². The van der Waals surface area contributed by atoms with Gasteiger partial charge >= 0.3 is 0 Å². The van der Waals surface area contributed by atoms with Crippen LogP contribution >= 0.6 is 0 Å². The molecule has 1 aromatic heterocycles. The van der Waals surface area contributed by atoms with Gasteiger partial charge in [-0.05, 0) is 61.9 Å². The Bertz CT molecular complexity index is 1190. The molecule has 0 saturated heterocycles. The van der Waals surface area contributed by atoms with Gasteiger partial charge in [-0.3, -0.25) is 4.79 Å². The maximum atomic E-state index is 12.4. The van der Waals surface area contributed by atoms with Crippen LogP contribution in [0.2, 0.25) is 0 Å². The van der Waals surface area contributed by atoms with Crippen LogP contribution in [0.3, 0.4) is 0 Å². The van der Waals surface area contributed by atoms with Crippen molar-refractivity contribution in [2.24, 2.45) is 0 Å². The average molecular weight is 478 g/mol. The highest BCUT2D eigenvalue weighted by molar-refractivity contribution is 6.09. The van der Waals surface area contributed by atoms with E-state index in [-0.39, 0.29) is 11.4 Å². The normalized spacial score (nSPS) is 10.9. The summed E-state index contributed by atoms with van der Waals surface area (Å²) >= 11 is 0. The van der Waals surface area contributed by atoms with Crippen LogP contribution in [0.4, 0.5) is 5.82 Å². The van der Waals surface area contributed by atoms with Gasteiger partial charge in [0.1, 0.15) is 28.9 Å². The number of nitrogens with one attached hydrogen (secondary N) is 1. The van der Waals surface area contributed by atoms with E-state index in [9.17, 15) is 10.1 Å². The molecule has 0 aliphatic rings. The smallest absolute Gasteiger partial charge is 0.267 e. The van der Waals surface area contributed by atoms with E-state index in [1.807, 2.05) is 37.3 Å². The topological polar surface area (TPSA) is 116 Å². The van der Waals surface area contributed by atoms with Crippen LogP contribution < -0.4 is 24.3 Å². The third-order valence-electron chi connectivity index (χ3n) is 4.69. The van der Waals surface area contributed by atoms with E-state index < -0.39 is 5.91 Å². The summed E-state index contributed by atoms with van der Waals surface area (Å²) in [5, 5.41) is 15.7. The molecule has 2 aromatic carbocycles. The molecule has 0 spiro atoms. The third kappa shape index (κ3) is 7.54. The highest BCUT2D eigenvalue weighted by atomic mass is 16.5. The summed E-state index contributed by atoms with van der Waals surface area (Å²) in [5.41, 5.74) is 0.532. The van der Waals surface area contributed by atoms with Crippen molar-refractivity contribution in [1.29, 1.82) is 5.26 Å². The molecule has 1 N–H and O–H groups in total. The number of anilines is 1. The fourth-order valence-corrected chi connectivity index (χ4v) is 3.03. The van der Waals surface area contributed by atoms with Crippen molar-refractivity contribution in [1.82, 2.24) is 5.16 Å². The molecule has 0 radical (unpaired) electrons. The number of nitrogens with zero attached hydrogens (tertiary/aromatic N) is 2. The number of carbonyl (C=O) groups excluding carboxylic acids is 1. The monoisotopic (exact) mass is 477 g/mol. The maximum absolute atomic E-state index is 12.4. The van der Waals surface area contributed by atoms with Crippen LogP contribution in [-0.4, -0.2) is 38.0 Å². The molecule has 1 heterocycles. The molecule has 9 heteroatoms. The molecule has 9 nitrogen and oxygen atoms in total. The number of aryl methyl sites for hydroxylation is 1. The number of amides is 1. The zero-order chi connectivity index (χ0) is 25.0. The first-order chi connectivity index (χ1) is 17.0. The second-order valence-electron chi connectivity index (χ2n) is 7.31. The lowest BCUT2D eigenvalue weighted by molar-refractivity contribution is -0.112. The number of benzene rings is 2. The molecule has 0 unspecified atom stereocenters.